The molecule has 0 amide bonds. The maximum atomic E-state index is 5.82. The highest BCUT2D eigenvalue weighted by molar-refractivity contribution is 5.26. The number of hydrogen-bond donors (Lipinski definition) is 0. The van der Waals surface area contributed by atoms with Crippen LogP contribution >= 0.6 is 0 Å². The molecule has 0 radical (unpaired) electrons. The van der Waals surface area contributed by atoms with Crippen molar-refractivity contribution in [3.63, 3.8) is 0 Å². The molecule has 1 heterocycles. The maximum absolute atomic E-state index is 5.82. The smallest absolute Gasteiger partial charge is 0.252 e. The van der Waals surface area contributed by atoms with Gasteiger partial charge in [-0.3, -0.25) is 0 Å². The van der Waals surface area contributed by atoms with Gasteiger partial charge >= 0.3 is 0 Å². The average Bonchev–Trinajstić information content (AvgIpc) is 2.52. The number of unbranched alkanes of at least 4 members (excludes halogenated alkanes) is 7. The van der Waals surface area contributed by atoms with Crippen LogP contribution in [0.1, 0.15) is 81.9 Å². The number of ether oxygens (including phenoxy) is 1. The van der Waals surface area contributed by atoms with Crippen molar-refractivity contribution in [1.82, 2.24) is 0 Å². The predicted molar refractivity (Wildman–Crippen MR) is 94.1 cm³/mol. The molecule has 2 heteroatoms. The van der Waals surface area contributed by atoms with Gasteiger partial charge in [0.25, 0.3) is 6.73 Å². The normalized spacial score (nSPS) is 11.1. The molecular weight excluding hydrogens is 270 g/mol. The highest BCUT2D eigenvalue weighted by Crippen LogP contribution is 2.10. The number of rotatable bonds is 12. The Morgan fingerprint density at radius 2 is 1.50 bits per heavy atom. The largest absolute Gasteiger partial charge is 0.323 e. The van der Waals surface area contributed by atoms with Crippen LogP contribution in [-0.2, 0) is 17.9 Å². The van der Waals surface area contributed by atoms with Crippen molar-refractivity contribution in [1.29, 1.82) is 0 Å². The Bertz CT molecular complexity index is 414. The van der Waals surface area contributed by atoms with Gasteiger partial charge in [-0.2, -0.15) is 4.57 Å². The van der Waals surface area contributed by atoms with Gasteiger partial charge in [0.1, 0.15) is 0 Å². The number of aryl methyl sites for hydroxylation is 2. The quantitative estimate of drug-likeness (QED) is 0.379. The number of nitrogens with zero attached hydrogens (tertiary/aromatic N) is 1. The monoisotopic (exact) mass is 306 g/mol. The van der Waals surface area contributed by atoms with Crippen molar-refractivity contribution < 1.29 is 9.30 Å². The van der Waals surface area contributed by atoms with Gasteiger partial charge in [0.15, 0.2) is 12.4 Å². The highest BCUT2D eigenvalue weighted by atomic mass is 16.5. The second-order valence-electron chi connectivity index (χ2n) is 6.47. The van der Waals surface area contributed by atoms with E-state index in [1.54, 1.807) is 0 Å². The van der Waals surface area contributed by atoms with Crippen LogP contribution in [-0.4, -0.2) is 6.61 Å². The predicted octanol–water partition coefficient (Wildman–Crippen LogP) is 5.27. The Morgan fingerprint density at radius 3 is 2.14 bits per heavy atom. The minimum atomic E-state index is 0.685. The summed E-state index contributed by atoms with van der Waals surface area (Å²) in [4.78, 5) is 0. The Kier molecular flexibility index (Phi) is 10.1. The zero-order valence-corrected chi connectivity index (χ0v) is 15.3. The lowest BCUT2D eigenvalue weighted by Crippen LogP contribution is -2.36. The maximum Gasteiger partial charge on any atom is 0.252 e. The molecular formula is C20H36NO+. The van der Waals surface area contributed by atoms with Crippen molar-refractivity contribution in [2.24, 2.45) is 0 Å². The summed E-state index contributed by atoms with van der Waals surface area (Å²) in [5, 5.41) is 0. The second-order valence-corrected chi connectivity index (χ2v) is 6.47. The van der Waals surface area contributed by atoms with Gasteiger partial charge in [-0.1, -0.05) is 58.8 Å². The molecule has 1 aromatic rings. The van der Waals surface area contributed by atoms with Crippen molar-refractivity contribution in [3.05, 3.63) is 29.1 Å². The lowest BCUT2D eigenvalue weighted by atomic mass is 10.1. The van der Waals surface area contributed by atoms with E-state index in [1.165, 1.54) is 68.1 Å². The van der Waals surface area contributed by atoms with Crippen LogP contribution < -0.4 is 4.57 Å². The Balaban J connectivity index is 2.11. The summed E-state index contributed by atoms with van der Waals surface area (Å²) in [5.74, 6) is 0. The minimum Gasteiger partial charge on any atom is -0.323 e. The van der Waals surface area contributed by atoms with Crippen molar-refractivity contribution in [2.75, 3.05) is 6.61 Å². The van der Waals surface area contributed by atoms with Crippen LogP contribution in [0, 0.1) is 13.8 Å². The van der Waals surface area contributed by atoms with Crippen LogP contribution in [0.4, 0.5) is 0 Å². The average molecular weight is 307 g/mol. The summed E-state index contributed by atoms with van der Waals surface area (Å²) >= 11 is 0. The van der Waals surface area contributed by atoms with Gasteiger partial charge in [-0.05, 0) is 32.3 Å². The molecule has 0 fully saturated rings. The summed E-state index contributed by atoms with van der Waals surface area (Å²) in [6.07, 6.45) is 16.3. The third kappa shape index (κ3) is 7.40. The molecule has 2 nitrogen and oxygen atoms in total. The summed E-state index contributed by atoms with van der Waals surface area (Å²) in [6.45, 7) is 10.5. The third-order valence-corrected chi connectivity index (χ3v) is 4.52. The fourth-order valence-corrected chi connectivity index (χ4v) is 2.87. The van der Waals surface area contributed by atoms with Crippen molar-refractivity contribution in [2.45, 2.75) is 92.2 Å². The van der Waals surface area contributed by atoms with E-state index in [4.69, 9.17) is 4.74 Å². The molecule has 0 aliphatic carbocycles. The minimum absolute atomic E-state index is 0.685. The molecule has 0 atom stereocenters. The van der Waals surface area contributed by atoms with E-state index in [1.807, 2.05) is 0 Å². The molecule has 0 bridgehead atoms. The van der Waals surface area contributed by atoms with Gasteiger partial charge in [-0.15, -0.1) is 0 Å². The Hall–Kier alpha value is -0.890. The topological polar surface area (TPSA) is 13.1 Å². The molecule has 0 aliphatic heterocycles. The molecule has 126 valence electrons. The second kappa shape index (κ2) is 11.6. The number of aromatic nitrogens is 1. The fourth-order valence-electron chi connectivity index (χ4n) is 2.87. The molecule has 0 spiro atoms. The third-order valence-electron chi connectivity index (χ3n) is 4.52. The molecule has 0 N–H and O–H groups in total. The SMILES string of the molecule is CCCCCCCCCCOC[n+]1cc(C)c(C)c(CC)c1. The molecule has 0 unspecified atom stereocenters. The number of pyridine rings is 1. The molecule has 0 aromatic carbocycles. The zero-order valence-electron chi connectivity index (χ0n) is 15.3. The van der Waals surface area contributed by atoms with Crippen LogP contribution in [0.2, 0.25) is 0 Å². The molecule has 0 saturated carbocycles. The van der Waals surface area contributed by atoms with E-state index >= 15 is 0 Å². The molecule has 1 rings (SSSR count). The van der Waals surface area contributed by atoms with E-state index in [9.17, 15) is 0 Å². The van der Waals surface area contributed by atoms with Crippen molar-refractivity contribution in [3.8, 4) is 0 Å². The zero-order chi connectivity index (χ0) is 16.2. The first-order valence-electron chi connectivity index (χ1n) is 9.26. The first kappa shape index (κ1) is 19.2. The number of hydrogen-bond acceptors (Lipinski definition) is 1. The van der Waals surface area contributed by atoms with E-state index in [2.05, 4.69) is 44.7 Å². The van der Waals surface area contributed by atoms with Crippen LogP contribution in [0.3, 0.4) is 0 Å². The van der Waals surface area contributed by atoms with Gasteiger partial charge in [0.2, 0.25) is 0 Å². The molecule has 0 saturated heterocycles. The first-order valence-corrected chi connectivity index (χ1v) is 9.26. The van der Waals surface area contributed by atoms with E-state index in [-0.39, 0.29) is 0 Å². The lowest BCUT2D eigenvalue weighted by Gasteiger charge is -2.07. The Labute approximate surface area is 137 Å². The van der Waals surface area contributed by atoms with Gasteiger partial charge in [0.05, 0.1) is 6.61 Å². The molecule has 0 aliphatic rings. The summed E-state index contributed by atoms with van der Waals surface area (Å²) in [7, 11) is 0. The summed E-state index contributed by atoms with van der Waals surface area (Å²) in [5.41, 5.74) is 4.20. The first-order chi connectivity index (χ1) is 10.7. The van der Waals surface area contributed by atoms with Gasteiger partial charge in [0, 0.05) is 11.1 Å². The standard InChI is InChI=1S/C20H36NO/c1-5-7-8-9-10-11-12-13-14-22-17-21-15-18(3)19(4)20(6-2)16-21/h15-16H,5-14,17H2,1-4H3/q+1. The van der Waals surface area contributed by atoms with Crippen LogP contribution in [0.15, 0.2) is 12.4 Å². The summed E-state index contributed by atoms with van der Waals surface area (Å²) < 4.78 is 8.01. The van der Waals surface area contributed by atoms with Crippen molar-refractivity contribution >= 4 is 0 Å². The molecule has 22 heavy (non-hydrogen) atoms. The van der Waals surface area contributed by atoms with Gasteiger partial charge in [-0.25, -0.2) is 0 Å². The van der Waals surface area contributed by atoms with E-state index in [0.29, 0.717) is 6.73 Å². The molecule has 1 aromatic heterocycles. The fraction of sp³-hybridized carbons (Fsp3) is 0.750. The van der Waals surface area contributed by atoms with E-state index < -0.39 is 0 Å². The van der Waals surface area contributed by atoms with Crippen LogP contribution in [0.25, 0.3) is 0 Å². The highest BCUT2D eigenvalue weighted by Gasteiger charge is 2.08. The van der Waals surface area contributed by atoms with Gasteiger partial charge < -0.3 is 4.74 Å². The van der Waals surface area contributed by atoms with Crippen LogP contribution in [0.5, 0.6) is 0 Å². The lowest BCUT2D eigenvalue weighted by molar-refractivity contribution is -0.733. The van der Waals surface area contributed by atoms with E-state index in [0.717, 1.165) is 13.0 Å². The Morgan fingerprint density at radius 1 is 0.864 bits per heavy atom. The summed E-state index contributed by atoms with van der Waals surface area (Å²) in [6, 6.07) is 0.